The van der Waals surface area contributed by atoms with E-state index in [1.165, 1.54) is 37.7 Å². The van der Waals surface area contributed by atoms with Gasteiger partial charge in [0, 0.05) is 82.2 Å². The Balaban J connectivity index is 1.21. The lowest BCUT2D eigenvalue weighted by molar-refractivity contribution is -0.131. The number of hydrogen-bond donors (Lipinski definition) is 3. The number of likely N-dealkylation sites (N-methyl/N-ethyl adjacent to an activating group) is 1. The minimum absolute atomic E-state index is 0.0475. The van der Waals surface area contributed by atoms with Gasteiger partial charge >= 0.3 is 0 Å². The number of aryl methyl sites for hydroxylation is 1. The Kier molecular flexibility index (Phi) is 9.04. The number of primary amides is 1. The highest BCUT2D eigenvalue weighted by Crippen LogP contribution is 2.27. The number of hydrogen-bond acceptors (Lipinski definition) is 9. The molecule has 0 aliphatic carbocycles. The first-order valence-electron chi connectivity index (χ1n) is 14.7. The Bertz CT molecular complexity index is 1230. The summed E-state index contributed by atoms with van der Waals surface area (Å²) in [5.41, 5.74) is 8.49. The molecule has 0 saturated carbocycles. The minimum Gasteiger partial charge on any atom is -0.371 e. The van der Waals surface area contributed by atoms with Gasteiger partial charge in [-0.15, -0.1) is 0 Å². The highest BCUT2D eigenvalue weighted by Gasteiger charge is 2.30. The van der Waals surface area contributed by atoms with Crippen LogP contribution < -0.4 is 21.3 Å². The maximum absolute atomic E-state index is 12.3. The lowest BCUT2D eigenvalue weighted by Crippen LogP contribution is -2.52. The second-order valence-electron chi connectivity index (χ2n) is 11.4. The van der Waals surface area contributed by atoms with Crippen LogP contribution in [0.2, 0.25) is 0 Å². The first-order valence-corrected chi connectivity index (χ1v) is 14.7. The third kappa shape index (κ3) is 6.79. The van der Waals surface area contributed by atoms with Gasteiger partial charge in [-0.2, -0.15) is 0 Å². The fraction of sp³-hybridized carbons (Fsp3) is 0.533. The van der Waals surface area contributed by atoms with Gasteiger partial charge in [-0.1, -0.05) is 13.5 Å². The third-order valence-electron chi connectivity index (χ3n) is 8.55. The average Bonchev–Trinajstić information content (AvgIpc) is 2.97. The Morgan fingerprint density at radius 2 is 1.71 bits per heavy atom. The van der Waals surface area contributed by atoms with Crippen LogP contribution in [0.3, 0.4) is 0 Å². The number of nitrogens with zero attached hydrogens (tertiary/aromatic N) is 6. The molecule has 5 rings (SSSR count). The molecule has 3 aliphatic heterocycles. The highest BCUT2D eigenvalue weighted by molar-refractivity contribution is 5.96. The van der Waals surface area contributed by atoms with E-state index in [2.05, 4.69) is 56.1 Å². The van der Waals surface area contributed by atoms with Crippen LogP contribution in [0.15, 0.2) is 36.9 Å². The van der Waals surface area contributed by atoms with E-state index >= 15 is 0 Å². The van der Waals surface area contributed by atoms with Crippen molar-refractivity contribution in [3.63, 3.8) is 0 Å². The van der Waals surface area contributed by atoms with Crippen molar-refractivity contribution in [2.24, 2.45) is 11.7 Å². The van der Waals surface area contributed by atoms with Crippen molar-refractivity contribution in [3.8, 4) is 0 Å². The molecule has 4 N–H and O–H groups in total. The van der Waals surface area contributed by atoms with Crippen molar-refractivity contribution in [1.29, 1.82) is 0 Å². The summed E-state index contributed by atoms with van der Waals surface area (Å²) in [5, 5.41) is 6.64. The van der Waals surface area contributed by atoms with E-state index in [4.69, 9.17) is 10.7 Å². The highest BCUT2D eigenvalue weighted by atomic mass is 16.2. The summed E-state index contributed by atoms with van der Waals surface area (Å²) < 4.78 is 0. The molecule has 0 unspecified atom stereocenters. The summed E-state index contributed by atoms with van der Waals surface area (Å²) in [4.78, 5) is 42.6. The van der Waals surface area contributed by atoms with Crippen LogP contribution in [0, 0.1) is 5.92 Å². The van der Waals surface area contributed by atoms with Crippen molar-refractivity contribution >= 4 is 34.8 Å². The fourth-order valence-electron chi connectivity index (χ4n) is 5.93. The summed E-state index contributed by atoms with van der Waals surface area (Å²) in [6.45, 7) is 14.3. The Morgan fingerprint density at radius 1 is 1.02 bits per heavy atom. The van der Waals surface area contributed by atoms with Crippen LogP contribution in [0.1, 0.15) is 35.9 Å². The van der Waals surface area contributed by atoms with E-state index in [1.807, 2.05) is 19.1 Å². The zero-order valence-electron chi connectivity index (χ0n) is 24.3. The summed E-state index contributed by atoms with van der Waals surface area (Å²) in [6, 6.07) is 8.92. The van der Waals surface area contributed by atoms with Crippen molar-refractivity contribution < 1.29 is 9.59 Å². The van der Waals surface area contributed by atoms with Gasteiger partial charge in [0.1, 0.15) is 5.82 Å². The summed E-state index contributed by atoms with van der Waals surface area (Å²) in [7, 11) is 2.20. The van der Waals surface area contributed by atoms with Crippen molar-refractivity contribution in [3.05, 3.63) is 48.3 Å². The Hall–Kier alpha value is -3.70. The van der Waals surface area contributed by atoms with Crippen LogP contribution in [-0.2, 0) is 11.2 Å². The second-order valence-corrected chi connectivity index (χ2v) is 11.4. The molecular weight excluding hydrogens is 518 g/mol. The SMILES string of the molecule is C=CC(=O)N1CC(CNc2nc(Nc3ccc(N4CCC(N5CCN(C)CC5)CC4)cc3)c(C(N)=O)nc2CC)C1. The average molecular weight is 562 g/mol. The number of nitrogens with two attached hydrogens (primary N) is 1. The molecule has 0 radical (unpaired) electrons. The zero-order valence-corrected chi connectivity index (χ0v) is 24.3. The predicted molar refractivity (Wildman–Crippen MR) is 163 cm³/mol. The number of aromatic nitrogens is 2. The van der Waals surface area contributed by atoms with Crippen LogP contribution in [0.5, 0.6) is 0 Å². The topological polar surface area (TPSA) is 123 Å². The normalized spacial score (nSPS) is 19.1. The molecule has 2 amide bonds. The van der Waals surface area contributed by atoms with Crippen molar-refractivity contribution in [1.82, 2.24) is 24.7 Å². The Morgan fingerprint density at radius 3 is 2.32 bits per heavy atom. The number of amides is 2. The number of anilines is 4. The van der Waals surface area contributed by atoms with E-state index in [9.17, 15) is 9.59 Å². The molecule has 11 heteroatoms. The van der Waals surface area contributed by atoms with Crippen LogP contribution in [0.4, 0.5) is 23.0 Å². The molecule has 1 aromatic carbocycles. The number of piperazine rings is 1. The standard InChI is InChI=1S/C30H43N9O2/c1-4-25-29(32-18-21-19-39(20-21)26(40)5-2)35-30(27(34-25)28(31)41)33-22-6-8-23(9-7-22)37-12-10-24(11-13-37)38-16-14-36(3)15-17-38/h5-9,21,24H,2,4,10-20H2,1,3H3,(H2,31,41)(H2,32,33,35). The molecule has 0 atom stereocenters. The predicted octanol–water partition coefficient (Wildman–Crippen LogP) is 2.15. The second kappa shape index (κ2) is 12.9. The molecule has 0 bridgehead atoms. The fourth-order valence-corrected chi connectivity index (χ4v) is 5.93. The number of piperidine rings is 1. The van der Waals surface area contributed by atoms with Crippen LogP contribution >= 0.6 is 0 Å². The van der Waals surface area contributed by atoms with Crippen molar-refractivity contribution in [2.45, 2.75) is 32.2 Å². The van der Waals surface area contributed by atoms with Crippen LogP contribution in [0.25, 0.3) is 0 Å². The molecule has 1 aromatic heterocycles. The quantitative estimate of drug-likeness (QED) is 0.375. The van der Waals surface area contributed by atoms with E-state index < -0.39 is 5.91 Å². The number of carbonyl (C=O) groups excluding carboxylic acids is 2. The van der Waals surface area contributed by atoms with E-state index in [0.29, 0.717) is 55.3 Å². The van der Waals surface area contributed by atoms with Gasteiger partial charge in [0.05, 0.1) is 5.69 Å². The summed E-state index contributed by atoms with van der Waals surface area (Å²) in [5.74, 6) is 0.590. The van der Waals surface area contributed by atoms with Gasteiger partial charge in [0.15, 0.2) is 11.5 Å². The molecule has 4 heterocycles. The van der Waals surface area contributed by atoms with Gasteiger partial charge in [-0.3, -0.25) is 14.5 Å². The van der Waals surface area contributed by atoms with Gasteiger partial charge in [-0.05, 0) is 56.7 Å². The largest absolute Gasteiger partial charge is 0.371 e. The molecule has 2 aromatic rings. The first-order chi connectivity index (χ1) is 19.8. The number of likely N-dealkylation sites (tertiary alicyclic amines) is 1. The zero-order chi connectivity index (χ0) is 28.9. The smallest absolute Gasteiger partial charge is 0.271 e. The monoisotopic (exact) mass is 561 g/mol. The van der Waals surface area contributed by atoms with Crippen LogP contribution in [-0.4, -0.2) is 108 Å². The molecule has 41 heavy (non-hydrogen) atoms. The van der Waals surface area contributed by atoms with E-state index in [-0.39, 0.29) is 11.6 Å². The lowest BCUT2D eigenvalue weighted by Gasteiger charge is -2.42. The van der Waals surface area contributed by atoms with Gasteiger partial charge in [-0.25, -0.2) is 9.97 Å². The number of benzene rings is 1. The maximum atomic E-state index is 12.3. The van der Waals surface area contributed by atoms with E-state index in [1.54, 1.807) is 4.90 Å². The minimum atomic E-state index is -0.626. The molecule has 3 saturated heterocycles. The maximum Gasteiger partial charge on any atom is 0.271 e. The van der Waals surface area contributed by atoms with Gasteiger partial charge in [0.25, 0.3) is 5.91 Å². The molecule has 11 nitrogen and oxygen atoms in total. The molecule has 3 fully saturated rings. The number of carbonyl (C=O) groups is 2. The number of rotatable bonds is 10. The van der Waals surface area contributed by atoms with Gasteiger partial charge in [0.2, 0.25) is 5.91 Å². The first kappa shape index (κ1) is 28.8. The summed E-state index contributed by atoms with van der Waals surface area (Å²) >= 11 is 0. The lowest BCUT2D eigenvalue weighted by atomic mass is 10.00. The molecule has 3 aliphatic rings. The number of nitrogens with one attached hydrogen (secondary N) is 2. The molecule has 220 valence electrons. The molecule has 0 spiro atoms. The Labute approximate surface area is 242 Å². The third-order valence-corrected chi connectivity index (χ3v) is 8.55. The van der Waals surface area contributed by atoms with E-state index in [0.717, 1.165) is 31.9 Å². The van der Waals surface area contributed by atoms with Crippen molar-refractivity contribution in [2.75, 3.05) is 81.5 Å². The van der Waals surface area contributed by atoms with Gasteiger partial charge < -0.3 is 31.1 Å². The molecular formula is C30H43N9O2. The summed E-state index contributed by atoms with van der Waals surface area (Å²) in [6.07, 6.45) is 4.31.